The molecule has 0 unspecified atom stereocenters. The Balaban J connectivity index is 2.32. The molecule has 1 heterocycles. The predicted molar refractivity (Wildman–Crippen MR) is 109 cm³/mol. The topological polar surface area (TPSA) is 107 Å². The molecule has 1 fully saturated rings. The quantitative estimate of drug-likeness (QED) is 0.358. The second-order valence-electron chi connectivity index (χ2n) is 6.92. The molecule has 158 valence electrons. The third kappa shape index (κ3) is 10.6. The molecule has 28 heavy (non-hydrogen) atoms. The Labute approximate surface area is 167 Å². The summed E-state index contributed by atoms with van der Waals surface area (Å²) in [6, 6.07) is 0. The van der Waals surface area contributed by atoms with Crippen LogP contribution < -0.4 is 0 Å². The fourth-order valence-corrected chi connectivity index (χ4v) is 2.87. The van der Waals surface area contributed by atoms with Crippen LogP contribution >= 0.6 is 0 Å². The zero-order valence-corrected chi connectivity index (χ0v) is 16.6. The van der Waals surface area contributed by atoms with Crippen LogP contribution in [0.4, 0.5) is 0 Å². The number of carboxylic acid groups (broad SMARTS) is 1. The molecule has 0 radical (unpaired) electrons. The summed E-state index contributed by atoms with van der Waals surface area (Å²) in [6.07, 6.45) is 15.2. The molecule has 4 N–H and O–H groups in total. The number of aliphatic hydroxyl groups is 3. The van der Waals surface area contributed by atoms with E-state index in [4.69, 9.17) is 9.84 Å². The molecule has 1 aliphatic rings. The number of hydrogen-bond donors (Lipinski definition) is 4. The zero-order valence-electron chi connectivity index (χ0n) is 16.6. The first-order chi connectivity index (χ1) is 13.4. The Kier molecular flexibility index (Phi) is 12.4. The van der Waals surface area contributed by atoms with Gasteiger partial charge >= 0.3 is 5.97 Å². The van der Waals surface area contributed by atoms with E-state index in [9.17, 15) is 20.1 Å². The molecule has 0 aromatic heterocycles. The summed E-state index contributed by atoms with van der Waals surface area (Å²) in [5.41, 5.74) is 0. The zero-order chi connectivity index (χ0) is 20.8. The van der Waals surface area contributed by atoms with Gasteiger partial charge in [-0.25, -0.2) is 0 Å². The molecule has 0 aliphatic carbocycles. The highest BCUT2D eigenvalue weighted by Crippen LogP contribution is 2.26. The molecule has 0 amide bonds. The van der Waals surface area contributed by atoms with Gasteiger partial charge in [0.2, 0.25) is 0 Å². The van der Waals surface area contributed by atoms with Crippen molar-refractivity contribution in [2.45, 2.75) is 82.4 Å². The molecule has 0 saturated carbocycles. The standard InChI is InChI=1S/C22H34O6/c1-2-3-8-11-17(23)14-15-18(24)21-16-19(25)20(28-21)12-9-6-4-5-7-10-13-22(26)27/h3,5-9,14-15,17-21,23-25H,2,4,10-13,16H2,1H3,(H,26,27)/b7-5-,8-3-,9-6-,15-14+/t17-,18+,19-,20+,21-/m0/s1. The highest BCUT2D eigenvalue weighted by molar-refractivity contribution is 5.66. The molecule has 0 aromatic rings. The summed E-state index contributed by atoms with van der Waals surface area (Å²) < 4.78 is 5.76. The summed E-state index contributed by atoms with van der Waals surface area (Å²) in [7, 11) is 0. The van der Waals surface area contributed by atoms with E-state index in [0.717, 1.165) is 6.42 Å². The van der Waals surface area contributed by atoms with Crippen LogP contribution in [0.3, 0.4) is 0 Å². The van der Waals surface area contributed by atoms with Gasteiger partial charge in [0, 0.05) is 12.8 Å². The minimum Gasteiger partial charge on any atom is -0.481 e. The average molecular weight is 395 g/mol. The third-order valence-electron chi connectivity index (χ3n) is 4.44. The first-order valence-corrected chi connectivity index (χ1v) is 9.98. The van der Waals surface area contributed by atoms with Crippen LogP contribution in [0.2, 0.25) is 0 Å². The van der Waals surface area contributed by atoms with E-state index in [1.54, 1.807) is 6.08 Å². The lowest BCUT2D eigenvalue weighted by Crippen LogP contribution is -2.24. The van der Waals surface area contributed by atoms with Crippen molar-refractivity contribution in [3.63, 3.8) is 0 Å². The van der Waals surface area contributed by atoms with Gasteiger partial charge in [-0.05, 0) is 32.1 Å². The van der Waals surface area contributed by atoms with E-state index in [1.807, 2.05) is 43.4 Å². The molecule has 5 atom stereocenters. The Morgan fingerprint density at radius 2 is 1.86 bits per heavy atom. The number of allylic oxidation sites excluding steroid dienone is 4. The van der Waals surface area contributed by atoms with Gasteiger partial charge in [-0.3, -0.25) is 4.79 Å². The maximum Gasteiger partial charge on any atom is 0.303 e. The van der Waals surface area contributed by atoms with Crippen LogP contribution in [0.15, 0.2) is 48.6 Å². The molecule has 6 nitrogen and oxygen atoms in total. The van der Waals surface area contributed by atoms with E-state index in [2.05, 4.69) is 0 Å². The van der Waals surface area contributed by atoms with Gasteiger partial charge in [-0.2, -0.15) is 0 Å². The number of aliphatic hydroxyl groups excluding tert-OH is 3. The van der Waals surface area contributed by atoms with Crippen LogP contribution in [0.1, 0.15) is 51.9 Å². The number of aliphatic carboxylic acids is 1. The summed E-state index contributed by atoms with van der Waals surface area (Å²) in [6.45, 7) is 2.02. The molecule has 1 saturated heterocycles. The fourth-order valence-electron chi connectivity index (χ4n) is 2.87. The van der Waals surface area contributed by atoms with Gasteiger partial charge in [0.1, 0.15) is 0 Å². The molecule has 0 bridgehead atoms. The monoisotopic (exact) mass is 394 g/mol. The normalized spacial score (nSPS) is 25.5. The van der Waals surface area contributed by atoms with Crippen molar-refractivity contribution < 1.29 is 30.0 Å². The van der Waals surface area contributed by atoms with Crippen LogP contribution in [-0.4, -0.2) is 56.9 Å². The minimum atomic E-state index is -0.870. The average Bonchev–Trinajstić information content (AvgIpc) is 3.02. The fraction of sp³-hybridized carbons (Fsp3) is 0.591. The number of rotatable bonds is 13. The highest BCUT2D eigenvalue weighted by Gasteiger charge is 2.36. The SMILES string of the molecule is CC/C=C\C[C@H](O)/C=C/[C@@H](O)[C@@H]1C[C@H](O)[C@@H](C/C=C\C/C=C\CCC(=O)O)O1. The van der Waals surface area contributed by atoms with Crippen LogP contribution in [0.5, 0.6) is 0 Å². The summed E-state index contributed by atoms with van der Waals surface area (Å²) in [5.74, 6) is -0.804. The molecule has 1 aliphatic heterocycles. The summed E-state index contributed by atoms with van der Waals surface area (Å²) in [5, 5.41) is 38.7. The lowest BCUT2D eigenvalue weighted by atomic mass is 10.0. The predicted octanol–water partition coefficient (Wildman–Crippen LogP) is 2.90. The summed E-state index contributed by atoms with van der Waals surface area (Å²) in [4.78, 5) is 10.4. The molecule has 0 aromatic carbocycles. The number of carboxylic acids is 1. The minimum absolute atomic E-state index is 0.132. The Morgan fingerprint density at radius 1 is 1.11 bits per heavy atom. The molecular formula is C22H34O6. The maximum atomic E-state index is 10.4. The van der Waals surface area contributed by atoms with Crippen LogP contribution in [0, 0.1) is 0 Å². The molecule has 6 heteroatoms. The second kappa shape index (κ2) is 14.3. The first-order valence-electron chi connectivity index (χ1n) is 9.98. The van der Waals surface area contributed by atoms with Crippen LogP contribution in [-0.2, 0) is 9.53 Å². The van der Waals surface area contributed by atoms with E-state index in [-0.39, 0.29) is 12.5 Å². The van der Waals surface area contributed by atoms with Crippen molar-refractivity contribution in [2.75, 3.05) is 0 Å². The molecule has 0 spiro atoms. The van der Waals surface area contributed by atoms with Gasteiger partial charge in [-0.15, -0.1) is 0 Å². The second-order valence-corrected chi connectivity index (χ2v) is 6.92. The largest absolute Gasteiger partial charge is 0.481 e. The summed E-state index contributed by atoms with van der Waals surface area (Å²) >= 11 is 0. The van der Waals surface area contributed by atoms with Crippen molar-refractivity contribution >= 4 is 5.97 Å². The van der Waals surface area contributed by atoms with Crippen molar-refractivity contribution in [1.29, 1.82) is 0 Å². The number of carbonyl (C=O) groups is 1. The number of ether oxygens (including phenoxy) is 1. The van der Waals surface area contributed by atoms with Crippen molar-refractivity contribution in [1.82, 2.24) is 0 Å². The number of hydrogen-bond acceptors (Lipinski definition) is 5. The Bertz CT molecular complexity index is 551. The van der Waals surface area contributed by atoms with E-state index >= 15 is 0 Å². The van der Waals surface area contributed by atoms with E-state index < -0.39 is 30.4 Å². The van der Waals surface area contributed by atoms with Gasteiger partial charge in [0.15, 0.2) is 0 Å². The smallest absolute Gasteiger partial charge is 0.303 e. The van der Waals surface area contributed by atoms with Crippen LogP contribution in [0.25, 0.3) is 0 Å². The Morgan fingerprint density at radius 3 is 2.57 bits per heavy atom. The Hall–Kier alpha value is -1.73. The van der Waals surface area contributed by atoms with Gasteiger partial charge < -0.3 is 25.2 Å². The maximum absolute atomic E-state index is 10.4. The first kappa shape index (κ1) is 24.3. The van der Waals surface area contributed by atoms with Crippen molar-refractivity contribution in [2.24, 2.45) is 0 Å². The molecule has 1 rings (SSSR count). The van der Waals surface area contributed by atoms with Crippen molar-refractivity contribution in [3.05, 3.63) is 48.6 Å². The van der Waals surface area contributed by atoms with Gasteiger partial charge in [0.25, 0.3) is 0 Å². The lowest BCUT2D eigenvalue weighted by Gasteiger charge is -2.16. The van der Waals surface area contributed by atoms with E-state index in [1.165, 1.54) is 6.08 Å². The third-order valence-corrected chi connectivity index (χ3v) is 4.44. The van der Waals surface area contributed by atoms with Gasteiger partial charge in [0.05, 0.1) is 30.5 Å². The highest BCUT2D eigenvalue weighted by atomic mass is 16.5. The molecular weight excluding hydrogens is 360 g/mol. The van der Waals surface area contributed by atoms with Crippen molar-refractivity contribution in [3.8, 4) is 0 Å². The van der Waals surface area contributed by atoms with E-state index in [0.29, 0.717) is 32.1 Å². The van der Waals surface area contributed by atoms with Gasteiger partial charge in [-0.1, -0.05) is 55.5 Å². The lowest BCUT2D eigenvalue weighted by molar-refractivity contribution is -0.136.